The lowest BCUT2D eigenvalue weighted by Crippen LogP contribution is -2.42. The molecule has 0 radical (unpaired) electrons. The van der Waals surface area contributed by atoms with Gasteiger partial charge in [0.1, 0.15) is 18.9 Å². The first-order valence-corrected chi connectivity index (χ1v) is 4.94. The fourth-order valence-electron chi connectivity index (χ4n) is 1.47. The van der Waals surface area contributed by atoms with E-state index >= 15 is 0 Å². The summed E-state index contributed by atoms with van der Waals surface area (Å²) < 4.78 is 6.52. The number of hydrogen-bond acceptors (Lipinski definition) is 5. The zero-order chi connectivity index (χ0) is 11.4. The maximum Gasteiger partial charge on any atom is 0.252 e. The number of amides is 1. The number of ether oxygens (including phenoxy) is 1. The van der Waals surface area contributed by atoms with Gasteiger partial charge in [-0.05, 0) is 0 Å². The highest BCUT2D eigenvalue weighted by molar-refractivity contribution is 5.75. The molecule has 1 aliphatic heterocycles. The van der Waals surface area contributed by atoms with Crippen molar-refractivity contribution in [3.63, 3.8) is 0 Å². The van der Waals surface area contributed by atoms with Crippen LogP contribution in [0.3, 0.4) is 0 Å². The third-order valence-corrected chi connectivity index (χ3v) is 2.30. The lowest BCUT2D eigenvalue weighted by atomic mass is 10.4. The van der Waals surface area contributed by atoms with Gasteiger partial charge in [0.25, 0.3) is 5.82 Å². The van der Waals surface area contributed by atoms with Gasteiger partial charge in [-0.2, -0.15) is 5.26 Å². The second-order valence-corrected chi connectivity index (χ2v) is 3.37. The highest BCUT2D eigenvalue weighted by Gasteiger charge is 2.17. The van der Waals surface area contributed by atoms with Gasteiger partial charge in [0.05, 0.1) is 13.2 Å². The predicted octanol–water partition coefficient (Wildman–Crippen LogP) is -0.991. The van der Waals surface area contributed by atoms with Crippen LogP contribution >= 0.6 is 0 Å². The molecule has 1 saturated heterocycles. The SMILES string of the molecule is N#Cc1ncn(CC(=O)N2CCOCC2)n1. The second kappa shape index (κ2) is 4.72. The number of morpholine rings is 1. The molecule has 7 heteroatoms. The molecule has 0 saturated carbocycles. The Morgan fingerprint density at radius 2 is 2.31 bits per heavy atom. The van der Waals surface area contributed by atoms with Gasteiger partial charge in [-0.25, -0.2) is 9.67 Å². The van der Waals surface area contributed by atoms with Crippen molar-refractivity contribution in [3.05, 3.63) is 12.2 Å². The Kier molecular flexibility index (Phi) is 3.12. The molecule has 1 amide bonds. The van der Waals surface area contributed by atoms with Crippen molar-refractivity contribution in [3.8, 4) is 6.07 Å². The number of aromatic nitrogens is 3. The standard InChI is InChI=1S/C9H11N5O2/c10-5-8-11-7-14(12-8)6-9(15)13-1-3-16-4-2-13/h7H,1-4,6H2. The average molecular weight is 221 g/mol. The fraction of sp³-hybridized carbons (Fsp3) is 0.556. The smallest absolute Gasteiger partial charge is 0.252 e. The number of carbonyl (C=O) groups is 1. The van der Waals surface area contributed by atoms with Gasteiger partial charge in [0.15, 0.2) is 0 Å². The monoisotopic (exact) mass is 221 g/mol. The topological polar surface area (TPSA) is 84.0 Å². The van der Waals surface area contributed by atoms with Crippen LogP contribution in [0.5, 0.6) is 0 Å². The molecule has 7 nitrogen and oxygen atoms in total. The van der Waals surface area contributed by atoms with Crippen molar-refractivity contribution in [2.24, 2.45) is 0 Å². The van der Waals surface area contributed by atoms with Crippen LogP contribution < -0.4 is 0 Å². The van der Waals surface area contributed by atoms with Gasteiger partial charge in [0.2, 0.25) is 5.91 Å². The molecule has 1 aliphatic rings. The summed E-state index contributed by atoms with van der Waals surface area (Å²) in [5, 5.41) is 12.4. The Hall–Kier alpha value is -1.94. The summed E-state index contributed by atoms with van der Waals surface area (Å²) in [6.07, 6.45) is 1.39. The van der Waals surface area contributed by atoms with E-state index in [-0.39, 0.29) is 18.3 Å². The molecule has 0 spiro atoms. The van der Waals surface area contributed by atoms with Crippen LogP contribution in [-0.2, 0) is 16.1 Å². The van der Waals surface area contributed by atoms with Crippen LogP contribution in [0, 0.1) is 11.3 Å². The largest absolute Gasteiger partial charge is 0.378 e. The normalized spacial score (nSPS) is 15.8. The number of nitrogens with zero attached hydrogens (tertiary/aromatic N) is 5. The Morgan fingerprint density at radius 1 is 1.56 bits per heavy atom. The van der Waals surface area contributed by atoms with E-state index in [0.29, 0.717) is 26.3 Å². The van der Waals surface area contributed by atoms with Crippen molar-refractivity contribution in [1.29, 1.82) is 5.26 Å². The summed E-state index contributed by atoms with van der Waals surface area (Å²) >= 11 is 0. The van der Waals surface area contributed by atoms with E-state index < -0.39 is 0 Å². The van der Waals surface area contributed by atoms with Crippen LogP contribution in [0.25, 0.3) is 0 Å². The highest BCUT2D eigenvalue weighted by Crippen LogP contribution is 1.99. The van der Waals surface area contributed by atoms with Gasteiger partial charge in [-0.15, -0.1) is 5.10 Å². The van der Waals surface area contributed by atoms with Crippen molar-refractivity contribution >= 4 is 5.91 Å². The van der Waals surface area contributed by atoms with E-state index in [4.69, 9.17) is 10.00 Å². The molecule has 1 fully saturated rings. The predicted molar refractivity (Wildman–Crippen MR) is 52.1 cm³/mol. The summed E-state index contributed by atoms with van der Waals surface area (Å²) in [6.45, 7) is 2.49. The average Bonchev–Trinajstić information content (AvgIpc) is 2.78. The number of rotatable bonds is 2. The van der Waals surface area contributed by atoms with Crippen molar-refractivity contribution in [2.45, 2.75) is 6.54 Å². The summed E-state index contributed by atoms with van der Waals surface area (Å²) in [6, 6.07) is 1.81. The van der Waals surface area contributed by atoms with Crippen LogP contribution in [0.1, 0.15) is 5.82 Å². The van der Waals surface area contributed by atoms with E-state index in [0.717, 1.165) is 0 Å². The highest BCUT2D eigenvalue weighted by atomic mass is 16.5. The minimum Gasteiger partial charge on any atom is -0.378 e. The summed E-state index contributed by atoms with van der Waals surface area (Å²) in [5.41, 5.74) is 0. The van der Waals surface area contributed by atoms with E-state index in [1.54, 1.807) is 4.90 Å². The molecule has 1 aromatic heterocycles. The molecule has 2 heterocycles. The Bertz CT molecular complexity index is 416. The lowest BCUT2D eigenvalue weighted by molar-refractivity contribution is -0.136. The molecule has 1 aromatic rings. The molecule has 2 rings (SSSR count). The minimum atomic E-state index is -0.0299. The molecular weight excluding hydrogens is 210 g/mol. The van der Waals surface area contributed by atoms with Gasteiger partial charge < -0.3 is 9.64 Å². The van der Waals surface area contributed by atoms with E-state index in [1.807, 2.05) is 6.07 Å². The summed E-state index contributed by atoms with van der Waals surface area (Å²) in [7, 11) is 0. The first-order chi connectivity index (χ1) is 7.79. The van der Waals surface area contributed by atoms with E-state index in [1.165, 1.54) is 11.0 Å². The van der Waals surface area contributed by atoms with Crippen LogP contribution in [-0.4, -0.2) is 51.9 Å². The Labute approximate surface area is 92.2 Å². The lowest BCUT2D eigenvalue weighted by Gasteiger charge is -2.26. The molecule has 16 heavy (non-hydrogen) atoms. The minimum absolute atomic E-state index is 0.0299. The van der Waals surface area contributed by atoms with Crippen molar-refractivity contribution in [1.82, 2.24) is 19.7 Å². The molecule has 84 valence electrons. The van der Waals surface area contributed by atoms with Gasteiger partial charge in [0, 0.05) is 13.1 Å². The second-order valence-electron chi connectivity index (χ2n) is 3.37. The molecule has 0 aliphatic carbocycles. The van der Waals surface area contributed by atoms with Crippen LogP contribution in [0.15, 0.2) is 6.33 Å². The molecular formula is C9H11N5O2. The molecule has 0 unspecified atom stereocenters. The third-order valence-electron chi connectivity index (χ3n) is 2.30. The van der Waals surface area contributed by atoms with Gasteiger partial charge in [-0.3, -0.25) is 4.79 Å². The van der Waals surface area contributed by atoms with Gasteiger partial charge >= 0.3 is 0 Å². The molecule has 0 atom stereocenters. The number of carbonyl (C=O) groups excluding carboxylic acids is 1. The first-order valence-electron chi connectivity index (χ1n) is 4.94. The van der Waals surface area contributed by atoms with Crippen molar-refractivity contribution in [2.75, 3.05) is 26.3 Å². The third kappa shape index (κ3) is 2.35. The number of hydrogen-bond donors (Lipinski definition) is 0. The summed E-state index contributed by atoms with van der Waals surface area (Å²) in [4.78, 5) is 17.2. The molecule has 0 bridgehead atoms. The molecule has 0 N–H and O–H groups in total. The zero-order valence-corrected chi connectivity index (χ0v) is 8.67. The van der Waals surface area contributed by atoms with E-state index in [9.17, 15) is 4.79 Å². The zero-order valence-electron chi connectivity index (χ0n) is 8.67. The molecule has 0 aromatic carbocycles. The summed E-state index contributed by atoms with van der Waals surface area (Å²) in [5.74, 6) is 0.0486. The maximum atomic E-state index is 11.8. The van der Waals surface area contributed by atoms with Crippen LogP contribution in [0.4, 0.5) is 0 Å². The maximum absolute atomic E-state index is 11.8. The number of nitriles is 1. The van der Waals surface area contributed by atoms with E-state index in [2.05, 4.69) is 10.1 Å². The Morgan fingerprint density at radius 3 is 2.94 bits per heavy atom. The quantitative estimate of drug-likeness (QED) is 0.640. The van der Waals surface area contributed by atoms with Crippen LogP contribution in [0.2, 0.25) is 0 Å². The van der Waals surface area contributed by atoms with Crippen molar-refractivity contribution < 1.29 is 9.53 Å². The van der Waals surface area contributed by atoms with Gasteiger partial charge in [-0.1, -0.05) is 0 Å². The Balaban J connectivity index is 1.93. The fourth-order valence-corrected chi connectivity index (χ4v) is 1.47. The first kappa shape index (κ1) is 10.6.